The molecule has 10 heteroatoms. The lowest BCUT2D eigenvalue weighted by Gasteiger charge is -2.35. The number of halogens is 1. The topological polar surface area (TPSA) is 126 Å². The maximum Gasteiger partial charge on any atom is 0.226 e. The summed E-state index contributed by atoms with van der Waals surface area (Å²) in [5.74, 6) is 0.439. The summed E-state index contributed by atoms with van der Waals surface area (Å²) in [6, 6.07) is 0. The van der Waals surface area contributed by atoms with Crippen molar-refractivity contribution >= 4 is 28.6 Å². The van der Waals surface area contributed by atoms with Crippen LogP contribution in [0, 0.1) is 0 Å². The standard InChI is InChI=1S/C11H14ClN5O4/c1-13-8-5-9(16-11(12)15-8)17(3-14-5)10-7(20)6(19)4(18)2-21-10/h3-4,6-7,10,18-20H,2H2,1H3,(H,13,15,16)/t4-,6-,7-,10-/m1/s1. The van der Waals surface area contributed by atoms with Crippen LogP contribution in [0.4, 0.5) is 5.82 Å². The van der Waals surface area contributed by atoms with Crippen LogP contribution in [0.2, 0.25) is 5.28 Å². The van der Waals surface area contributed by atoms with E-state index in [1.165, 1.54) is 10.9 Å². The molecule has 0 bridgehead atoms. The number of hydrogen-bond acceptors (Lipinski definition) is 8. The first-order valence-electron chi connectivity index (χ1n) is 6.26. The predicted molar refractivity (Wildman–Crippen MR) is 72.9 cm³/mol. The number of nitrogens with one attached hydrogen (secondary N) is 1. The van der Waals surface area contributed by atoms with Gasteiger partial charge in [0.15, 0.2) is 23.2 Å². The molecule has 1 saturated heterocycles. The number of rotatable bonds is 2. The quantitative estimate of drug-likeness (QED) is 0.527. The van der Waals surface area contributed by atoms with Crippen molar-refractivity contribution in [1.29, 1.82) is 0 Å². The van der Waals surface area contributed by atoms with Gasteiger partial charge >= 0.3 is 0 Å². The minimum absolute atomic E-state index is 0.0134. The van der Waals surface area contributed by atoms with Crippen LogP contribution in [0.1, 0.15) is 6.23 Å². The van der Waals surface area contributed by atoms with E-state index < -0.39 is 24.5 Å². The number of imidazole rings is 1. The summed E-state index contributed by atoms with van der Waals surface area (Å²) < 4.78 is 6.83. The Morgan fingerprint density at radius 2 is 2.10 bits per heavy atom. The largest absolute Gasteiger partial charge is 0.388 e. The second kappa shape index (κ2) is 5.35. The Kier molecular flexibility index (Phi) is 3.68. The second-order valence-electron chi connectivity index (χ2n) is 4.69. The van der Waals surface area contributed by atoms with Gasteiger partial charge < -0.3 is 25.4 Å². The van der Waals surface area contributed by atoms with Crippen LogP contribution >= 0.6 is 11.6 Å². The number of ether oxygens (including phenoxy) is 1. The first kappa shape index (κ1) is 14.4. The molecule has 21 heavy (non-hydrogen) atoms. The Morgan fingerprint density at radius 1 is 1.33 bits per heavy atom. The Bertz CT molecular complexity index is 665. The van der Waals surface area contributed by atoms with Gasteiger partial charge in [0.05, 0.1) is 12.9 Å². The van der Waals surface area contributed by atoms with E-state index in [1.54, 1.807) is 7.05 Å². The minimum Gasteiger partial charge on any atom is -0.388 e. The highest BCUT2D eigenvalue weighted by Gasteiger charge is 2.39. The average molecular weight is 316 g/mol. The molecule has 3 heterocycles. The summed E-state index contributed by atoms with van der Waals surface area (Å²) in [7, 11) is 1.67. The van der Waals surface area contributed by atoms with Crippen LogP contribution in [0.25, 0.3) is 11.2 Å². The zero-order chi connectivity index (χ0) is 15.1. The highest BCUT2D eigenvalue weighted by Crippen LogP contribution is 2.29. The Labute approximate surface area is 124 Å². The average Bonchev–Trinajstić information content (AvgIpc) is 2.87. The molecule has 0 unspecified atom stereocenters. The number of aliphatic hydroxyl groups excluding tert-OH is 3. The van der Waals surface area contributed by atoms with Gasteiger partial charge in [0.1, 0.15) is 18.3 Å². The van der Waals surface area contributed by atoms with Crippen molar-refractivity contribution in [3.8, 4) is 0 Å². The molecule has 0 amide bonds. The van der Waals surface area contributed by atoms with Gasteiger partial charge in [-0.15, -0.1) is 0 Å². The van der Waals surface area contributed by atoms with Crippen LogP contribution in [0.5, 0.6) is 0 Å². The molecule has 1 fully saturated rings. The number of fused-ring (bicyclic) bond motifs is 1. The molecule has 4 N–H and O–H groups in total. The molecular weight excluding hydrogens is 302 g/mol. The van der Waals surface area contributed by atoms with Crippen LogP contribution < -0.4 is 5.32 Å². The van der Waals surface area contributed by atoms with E-state index in [2.05, 4.69) is 20.3 Å². The first-order valence-corrected chi connectivity index (χ1v) is 6.64. The van der Waals surface area contributed by atoms with Gasteiger partial charge in [-0.2, -0.15) is 9.97 Å². The van der Waals surface area contributed by atoms with E-state index in [4.69, 9.17) is 16.3 Å². The van der Waals surface area contributed by atoms with E-state index in [9.17, 15) is 15.3 Å². The van der Waals surface area contributed by atoms with Gasteiger partial charge in [0.2, 0.25) is 5.28 Å². The Hall–Kier alpha value is -1.52. The molecule has 0 radical (unpaired) electrons. The number of aromatic nitrogens is 4. The molecule has 0 saturated carbocycles. The third-order valence-corrected chi connectivity index (χ3v) is 3.55. The number of anilines is 1. The summed E-state index contributed by atoms with van der Waals surface area (Å²) in [6.07, 6.45) is -3.30. The molecule has 9 nitrogen and oxygen atoms in total. The van der Waals surface area contributed by atoms with E-state index in [0.717, 1.165) is 0 Å². The van der Waals surface area contributed by atoms with Crippen molar-refractivity contribution in [3.05, 3.63) is 11.6 Å². The summed E-state index contributed by atoms with van der Waals surface area (Å²) in [4.78, 5) is 12.2. The van der Waals surface area contributed by atoms with Gasteiger partial charge in [-0.25, -0.2) is 4.98 Å². The molecule has 2 aromatic rings. The lowest BCUT2D eigenvalue weighted by atomic mass is 10.0. The third-order valence-electron chi connectivity index (χ3n) is 3.38. The molecular formula is C11H14ClN5O4. The second-order valence-corrected chi connectivity index (χ2v) is 5.03. The van der Waals surface area contributed by atoms with E-state index in [0.29, 0.717) is 17.0 Å². The fraction of sp³-hybridized carbons (Fsp3) is 0.545. The minimum atomic E-state index is -1.32. The molecule has 114 valence electrons. The molecule has 3 rings (SSSR count). The van der Waals surface area contributed by atoms with Crippen molar-refractivity contribution in [3.63, 3.8) is 0 Å². The van der Waals surface area contributed by atoms with Crippen LogP contribution in [0.15, 0.2) is 6.33 Å². The molecule has 4 atom stereocenters. The summed E-state index contributed by atoms with van der Waals surface area (Å²) in [5.41, 5.74) is 0.810. The maximum atomic E-state index is 10.1. The van der Waals surface area contributed by atoms with Gasteiger partial charge in [0.25, 0.3) is 0 Å². The van der Waals surface area contributed by atoms with Crippen molar-refractivity contribution in [2.45, 2.75) is 24.5 Å². The monoisotopic (exact) mass is 315 g/mol. The Balaban J connectivity index is 2.07. The van der Waals surface area contributed by atoms with Gasteiger partial charge in [-0.3, -0.25) is 4.57 Å². The molecule has 0 aliphatic carbocycles. The maximum absolute atomic E-state index is 10.1. The number of nitrogens with zero attached hydrogens (tertiary/aromatic N) is 4. The number of hydrogen-bond donors (Lipinski definition) is 4. The lowest BCUT2D eigenvalue weighted by Crippen LogP contribution is -2.50. The van der Waals surface area contributed by atoms with Crippen LogP contribution in [-0.2, 0) is 4.74 Å². The molecule has 1 aliphatic heterocycles. The zero-order valence-corrected chi connectivity index (χ0v) is 11.8. The van der Waals surface area contributed by atoms with Gasteiger partial charge in [0, 0.05) is 7.05 Å². The van der Waals surface area contributed by atoms with E-state index >= 15 is 0 Å². The van der Waals surface area contributed by atoms with E-state index in [1.807, 2.05) is 0 Å². The highest BCUT2D eigenvalue weighted by atomic mass is 35.5. The SMILES string of the molecule is CNc1nc(Cl)nc2c1ncn2[C@@H]1OC[C@@H](O)[C@@H](O)[C@H]1O. The van der Waals surface area contributed by atoms with Crippen LogP contribution in [0.3, 0.4) is 0 Å². The zero-order valence-electron chi connectivity index (χ0n) is 11.0. The lowest BCUT2D eigenvalue weighted by molar-refractivity contribution is -0.210. The summed E-state index contributed by atoms with van der Waals surface area (Å²) in [5, 5.41) is 32.2. The summed E-state index contributed by atoms with van der Waals surface area (Å²) in [6.45, 7) is -0.111. The first-order chi connectivity index (χ1) is 10.0. The highest BCUT2D eigenvalue weighted by molar-refractivity contribution is 6.28. The molecule has 2 aromatic heterocycles. The van der Waals surface area contributed by atoms with E-state index in [-0.39, 0.29) is 11.9 Å². The predicted octanol–water partition coefficient (Wildman–Crippen LogP) is -0.867. The van der Waals surface area contributed by atoms with Crippen molar-refractivity contribution in [2.75, 3.05) is 19.0 Å². The van der Waals surface area contributed by atoms with Crippen molar-refractivity contribution in [1.82, 2.24) is 19.5 Å². The molecule has 1 aliphatic rings. The Morgan fingerprint density at radius 3 is 2.81 bits per heavy atom. The fourth-order valence-corrected chi connectivity index (χ4v) is 2.45. The normalized spacial score (nSPS) is 29.8. The molecule has 0 spiro atoms. The van der Waals surface area contributed by atoms with Crippen molar-refractivity contribution in [2.24, 2.45) is 0 Å². The number of aliphatic hydroxyl groups is 3. The fourth-order valence-electron chi connectivity index (χ4n) is 2.29. The molecule has 0 aromatic carbocycles. The van der Waals surface area contributed by atoms with Gasteiger partial charge in [-0.1, -0.05) is 0 Å². The van der Waals surface area contributed by atoms with Crippen LogP contribution in [-0.4, -0.2) is 66.8 Å². The van der Waals surface area contributed by atoms with Crippen molar-refractivity contribution < 1.29 is 20.1 Å². The smallest absolute Gasteiger partial charge is 0.226 e. The third kappa shape index (κ3) is 2.32. The summed E-state index contributed by atoms with van der Waals surface area (Å²) >= 11 is 5.86. The van der Waals surface area contributed by atoms with Gasteiger partial charge in [-0.05, 0) is 11.6 Å².